The zero-order chi connectivity index (χ0) is 35.2. The Morgan fingerprint density at radius 2 is 1.74 bits per heavy atom. The Balaban J connectivity index is 1.98. The number of hydrogen-bond acceptors (Lipinski definition) is 5. The van der Waals surface area contributed by atoms with Gasteiger partial charge in [-0.05, 0) is 73.1 Å². The summed E-state index contributed by atoms with van der Waals surface area (Å²) in [7, 11) is 0. The van der Waals surface area contributed by atoms with Crippen LogP contribution in [-0.4, -0.2) is 37.1 Å². The number of carbonyl (C=O) groups is 1. The normalized spacial score (nSPS) is 14.2. The summed E-state index contributed by atoms with van der Waals surface area (Å²) in [4.78, 5) is 20.0. The van der Waals surface area contributed by atoms with Gasteiger partial charge in [0, 0.05) is 36.9 Å². The molecule has 0 fully saturated rings. The van der Waals surface area contributed by atoms with Crippen molar-refractivity contribution in [1.82, 2.24) is 19.8 Å². The van der Waals surface area contributed by atoms with E-state index in [1.807, 2.05) is 44.4 Å². The molecule has 0 amide bonds. The van der Waals surface area contributed by atoms with E-state index in [1.54, 1.807) is 35.6 Å². The van der Waals surface area contributed by atoms with Crippen LogP contribution in [0.5, 0.6) is 0 Å². The van der Waals surface area contributed by atoms with Crippen molar-refractivity contribution in [1.29, 1.82) is 5.26 Å². The van der Waals surface area contributed by atoms with Gasteiger partial charge in [0.25, 0.3) is 0 Å². The summed E-state index contributed by atoms with van der Waals surface area (Å²) in [5.41, 5.74) is 7.81. The fraction of sp³-hybridized carbons (Fsp3) is 0.500. The van der Waals surface area contributed by atoms with Gasteiger partial charge in [0.05, 0.1) is 35.6 Å². The molecule has 3 aromatic rings. The first-order chi connectivity index (χ1) is 21.8. The maximum Gasteiger partial charge on any atom is 0.416 e. The number of nitrogens with two attached hydrogens (primary N) is 1. The minimum absolute atomic E-state index is 0.0177. The molecule has 0 spiro atoms. The molecule has 254 valence electrons. The average molecular weight is 669 g/mol. The number of aromatic nitrogens is 2. The van der Waals surface area contributed by atoms with E-state index in [-0.39, 0.29) is 40.8 Å². The van der Waals surface area contributed by atoms with E-state index in [4.69, 9.17) is 23.2 Å². The maximum atomic E-state index is 14.2. The maximum absolute atomic E-state index is 14.2. The molecular formula is C36H47F3N6OS. The highest BCUT2D eigenvalue weighted by molar-refractivity contribution is 7.80. The molecule has 0 radical (unpaired) electrons. The van der Waals surface area contributed by atoms with Gasteiger partial charge in [0.15, 0.2) is 5.11 Å². The monoisotopic (exact) mass is 668 g/mol. The van der Waals surface area contributed by atoms with Crippen LogP contribution in [0.3, 0.4) is 0 Å². The van der Waals surface area contributed by atoms with Gasteiger partial charge in [0.1, 0.15) is 5.78 Å². The van der Waals surface area contributed by atoms with Crippen molar-refractivity contribution < 1.29 is 18.0 Å². The van der Waals surface area contributed by atoms with Crippen LogP contribution in [0.2, 0.25) is 0 Å². The number of thiocarbonyl (C=S) groups is 1. The Hall–Kier alpha value is -3.75. The van der Waals surface area contributed by atoms with E-state index >= 15 is 0 Å². The summed E-state index contributed by atoms with van der Waals surface area (Å²) < 4.78 is 44.2. The highest BCUT2D eigenvalue weighted by atomic mass is 32.1. The number of alkyl halides is 3. The second-order valence-electron chi connectivity index (χ2n) is 14.2. The van der Waals surface area contributed by atoms with E-state index in [2.05, 4.69) is 37.1 Å². The Morgan fingerprint density at radius 3 is 2.32 bits per heavy atom. The summed E-state index contributed by atoms with van der Waals surface area (Å²) in [6.07, 6.45) is -0.932. The molecule has 0 aliphatic rings. The lowest BCUT2D eigenvalue weighted by Gasteiger charge is -2.42. The van der Waals surface area contributed by atoms with Crippen molar-refractivity contribution >= 4 is 23.1 Å². The molecule has 3 rings (SSSR count). The molecule has 1 heterocycles. The number of rotatable bonds is 13. The molecule has 1 aromatic heterocycles. The third-order valence-electron chi connectivity index (χ3n) is 8.29. The van der Waals surface area contributed by atoms with Crippen LogP contribution >= 0.6 is 12.2 Å². The second kappa shape index (κ2) is 15.4. The van der Waals surface area contributed by atoms with Crippen LogP contribution in [0, 0.1) is 28.6 Å². The fourth-order valence-corrected chi connectivity index (χ4v) is 6.73. The Morgan fingerprint density at radius 1 is 1.11 bits per heavy atom. The fourth-order valence-electron chi connectivity index (χ4n) is 6.27. The number of imidazole rings is 1. The second-order valence-corrected chi connectivity index (χ2v) is 14.6. The van der Waals surface area contributed by atoms with Crippen LogP contribution in [-0.2, 0) is 30.5 Å². The van der Waals surface area contributed by atoms with Crippen molar-refractivity contribution in [2.24, 2.45) is 23.0 Å². The van der Waals surface area contributed by atoms with Gasteiger partial charge in [-0.1, -0.05) is 71.4 Å². The number of halogens is 3. The lowest BCUT2D eigenvalue weighted by Crippen LogP contribution is -2.59. The number of Topliss-reactive ketones (excluding diaryl/α,β-unsaturated/α-hetero) is 1. The predicted molar refractivity (Wildman–Crippen MR) is 183 cm³/mol. The van der Waals surface area contributed by atoms with Crippen LogP contribution in [0.4, 0.5) is 13.2 Å². The third kappa shape index (κ3) is 10.6. The molecule has 0 saturated heterocycles. The van der Waals surface area contributed by atoms with Gasteiger partial charge < -0.3 is 20.5 Å². The Labute approximate surface area is 282 Å². The highest BCUT2D eigenvalue weighted by Gasteiger charge is 2.39. The number of benzene rings is 2. The molecule has 11 heteroatoms. The van der Waals surface area contributed by atoms with Crippen molar-refractivity contribution in [3.63, 3.8) is 0 Å². The van der Waals surface area contributed by atoms with Crippen molar-refractivity contribution in [2.45, 2.75) is 98.7 Å². The molecule has 0 bridgehead atoms. The third-order valence-corrected chi connectivity index (χ3v) is 8.62. The molecule has 0 saturated carbocycles. The molecule has 1 unspecified atom stereocenters. The van der Waals surface area contributed by atoms with E-state index in [9.17, 15) is 18.0 Å². The van der Waals surface area contributed by atoms with Crippen molar-refractivity contribution in [3.05, 3.63) is 89.0 Å². The molecule has 47 heavy (non-hydrogen) atoms. The van der Waals surface area contributed by atoms with Gasteiger partial charge >= 0.3 is 6.18 Å². The number of nitrogens with one attached hydrogen (secondary N) is 1. The Bertz CT molecular complexity index is 1550. The number of ketones is 1. The lowest BCUT2D eigenvalue weighted by molar-refractivity contribution is -0.138. The van der Waals surface area contributed by atoms with Gasteiger partial charge in [0.2, 0.25) is 0 Å². The first-order valence-corrected chi connectivity index (χ1v) is 16.3. The minimum atomic E-state index is -4.58. The Kier molecular flexibility index (Phi) is 12.4. The van der Waals surface area contributed by atoms with Crippen LogP contribution in [0.15, 0.2) is 61.1 Å². The zero-order valence-electron chi connectivity index (χ0n) is 28.4. The zero-order valence-corrected chi connectivity index (χ0v) is 29.2. The first kappa shape index (κ1) is 37.7. The average Bonchev–Trinajstić information content (AvgIpc) is 3.40. The van der Waals surface area contributed by atoms with Gasteiger partial charge in [-0.25, -0.2) is 4.98 Å². The molecule has 3 N–H and O–H groups in total. The van der Waals surface area contributed by atoms with E-state index in [0.29, 0.717) is 24.2 Å². The minimum Gasteiger partial charge on any atom is -0.358 e. The SMILES string of the molecule is CC[C@H](C)[C@H](C(=O)Cc1cncn1Cc1ccc(C#N)cc1)C(N)N(Cc1ccccc1C(F)(F)F)C(=S)NC(C)(C)CC(C)(C)C. The number of nitrogens with zero attached hydrogens (tertiary/aromatic N) is 4. The summed E-state index contributed by atoms with van der Waals surface area (Å²) >= 11 is 5.89. The topological polar surface area (TPSA) is 100.0 Å². The summed E-state index contributed by atoms with van der Waals surface area (Å²) in [5.74, 6) is -1.10. The standard InChI is InChI=1S/C36H47F3N6OS/c1-8-24(2)31(30(46)17-28-19-42-23-44(28)20-26-15-13-25(18-40)14-16-26)32(41)45(33(47)43-35(6,7)22-34(3,4)5)21-27-11-9-10-12-29(27)36(37,38)39/h9-16,19,23-24,31-32H,8,17,20-22,41H2,1-7H3,(H,43,47)/t24-,31+,32?/m0/s1. The number of nitriles is 1. The van der Waals surface area contributed by atoms with E-state index in [1.165, 1.54) is 12.1 Å². The molecule has 0 aliphatic heterocycles. The van der Waals surface area contributed by atoms with Crippen LogP contribution in [0.25, 0.3) is 0 Å². The number of hydrogen-bond donors (Lipinski definition) is 2. The van der Waals surface area contributed by atoms with E-state index < -0.39 is 29.4 Å². The predicted octanol–water partition coefficient (Wildman–Crippen LogP) is 7.47. The van der Waals surface area contributed by atoms with Crippen molar-refractivity contribution in [3.8, 4) is 6.07 Å². The van der Waals surface area contributed by atoms with Crippen LogP contribution in [0.1, 0.15) is 89.3 Å². The van der Waals surface area contributed by atoms with Gasteiger partial charge in [-0.2, -0.15) is 18.4 Å². The van der Waals surface area contributed by atoms with Gasteiger partial charge in [-0.3, -0.25) is 4.79 Å². The largest absolute Gasteiger partial charge is 0.416 e. The lowest BCUT2D eigenvalue weighted by atomic mass is 9.81. The first-order valence-electron chi connectivity index (χ1n) is 15.9. The molecule has 7 nitrogen and oxygen atoms in total. The summed E-state index contributed by atoms with van der Waals surface area (Å²) in [6, 6.07) is 14.7. The molecule has 3 atom stereocenters. The molecule has 2 aromatic carbocycles. The highest BCUT2D eigenvalue weighted by Crippen LogP contribution is 2.34. The van der Waals surface area contributed by atoms with Crippen molar-refractivity contribution in [2.75, 3.05) is 0 Å². The molecular weight excluding hydrogens is 621 g/mol. The van der Waals surface area contributed by atoms with Gasteiger partial charge in [-0.15, -0.1) is 0 Å². The molecule has 0 aliphatic carbocycles. The van der Waals surface area contributed by atoms with Crippen LogP contribution < -0.4 is 11.1 Å². The quantitative estimate of drug-likeness (QED) is 0.144. The number of carbonyl (C=O) groups excluding carboxylic acids is 1. The summed E-state index contributed by atoms with van der Waals surface area (Å²) in [5, 5.41) is 12.7. The summed E-state index contributed by atoms with van der Waals surface area (Å²) in [6.45, 7) is 14.4. The van der Waals surface area contributed by atoms with E-state index in [0.717, 1.165) is 18.1 Å². The smallest absolute Gasteiger partial charge is 0.358 e.